The average Bonchev–Trinajstić information content (AvgIpc) is 2.46. The number of hydrogen-bond donors (Lipinski definition) is 0. The highest BCUT2D eigenvalue weighted by Crippen LogP contribution is 2.28. The number of halogens is 1. The van der Waals surface area contributed by atoms with Gasteiger partial charge in [0.05, 0.1) is 0 Å². The molecule has 0 bridgehead atoms. The van der Waals surface area contributed by atoms with Crippen LogP contribution in [0.15, 0.2) is 28.7 Å². The summed E-state index contributed by atoms with van der Waals surface area (Å²) in [7, 11) is 0. The molecule has 1 aromatic carbocycles. The van der Waals surface area contributed by atoms with Crippen LogP contribution < -0.4 is 4.90 Å². The molecular formula is C11H12BrNO. The van der Waals surface area contributed by atoms with E-state index in [4.69, 9.17) is 0 Å². The molecular weight excluding hydrogens is 242 g/mol. The van der Waals surface area contributed by atoms with Gasteiger partial charge in [-0.25, -0.2) is 0 Å². The third-order valence-electron chi connectivity index (χ3n) is 2.57. The Morgan fingerprint density at radius 3 is 2.86 bits per heavy atom. The van der Waals surface area contributed by atoms with Crippen LogP contribution in [0.5, 0.6) is 0 Å². The molecule has 2 rings (SSSR count). The van der Waals surface area contributed by atoms with Gasteiger partial charge in [0.25, 0.3) is 0 Å². The van der Waals surface area contributed by atoms with Crippen LogP contribution in [0.1, 0.15) is 19.8 Å². The van der Waals surface area contributed by atoms with Crippen molar-refractivity contribution in [1.29, 1.82) is 0 Å². The summed E-state index contributed by atoms with van der Waals surface area (Å²) in [6, 6.07) is 8.22. The maximum Gasteiger partial charge on any atom is 0.227 e. The molecule has 0 aromatic heterocycles. The maximum absolute atomic E-state index is 11.6. The van der Waals surface area contributed by atoms with E-state index in [1.165, 1.54) is 0 Å². The summed E-state index contributed by atoms with van der Waals surface area (Å²) >= 11 is 3.41. The van der Waals surface area contributed by atoms with Crippen LogP contribution in [0.3, 0.4) is 0 Å². The van der Waals surface area contributed by atoms with E-state index in [-0.39, 0.29) is 5.91 Å². The van der Waals surface area contributed by atoms with Crippen LogP contribution in [0.25, 0.3) is 0 Å². The quantitative estimate of drug-likeness (QED) is 0.754. The van der Waals surface area contributed by atoms with Gasteiger partial charge in [-0.15, -0.1) is 0 Å². The first-order valence-corrected chi connectivity index (χ1v) is 5.55. The minimum atomic E-state index is 0.232. The van der Waals surface area contributed by atoms with E-state index in [9.17, 15) is 4.79 Å². The lowest BCUT2D eigenvalue weighted by Crippen LogP contribution is -2.30. The molecule has 0 saturated carbocycles. The Morgan fingerprint density at radius 2 is 2.29 bits per heavy atom. The third kappa shape index (κ3) is 1.69. The standard InChI is InChI=1S/C11H12BrNO/c1-8-5-6-11(14)13(8)10-4-2-3-9(12)7-10/h2-4,7-8H,5-6H2,1H3. The molecule has 1 heterocycles. The van der Waals surface area contributed by atoms with E-state index in [0.29, 0.717) is 12.5 Å². The number of amides is 1. The fraction of sp³-hybridized carbons (Fsp3) is 0.364. The van der Waals surface area contributed by atoms with Gasteiger partial charge in [-0.05, 0) is 31.5 Å². The molecule has 0 N–H and O–H groups in total. The SMILES string of the molecule is CC1CCC(=O)N1c1cccc(Br)c1. The van der Waals surface area contributed by atoms with Crippen molar-refractivity contribution in [2.24, 2.45) is 0 Å². The lowest BCUT2D eigenvalue weighted by atomic mass is 10.2. The number of hydrogen-bond acceptors (Lipinski definition) is 1. The van der Waals surface area contributed by atoms with Gasteiger partial charge in [-0.2, -0.15) is 0 Å². The summed E-state index contributed by atoms with van der Waals surface area (Å²) < 4.78 is 1.02. The number of anilines is 1. The molecule has 1 unspecified atom stereocenters. The average molecular weight is 254 g/mol. The van der Waals surface area contributed by atoms with Gasteiger partial charge in [0.15, 0.2) is 0 Å². The van der Waals surface area contributed by atoms with Gasteiger partial charge in [0, 0.05) is 22.6 Å². The van der Waals surface area contributed by atoms with Crippen LogP contribution in [0.2, 0.25) is 0 Å². The second-order valence-corrected chi connectivity index (χ2v) is 4.55. The van der Waals surface area contributed by atoms with Crippen molar-refractivity contribution < 1.29 is 4.79 Å². The van der Waals surface area contributed by atoms with E-state index in [2.05, 4.69) is 22.9 Å². The normalized spacial score (nSPS) is 21.7. The van der Waals surface area contributed by atoms with Gasteiger partial charge >= 0.3 is 0 Å². The Bertz CT molecular complexity index is 364. The van der Waals surface area contributed by atoms with Crippen molar-refractivity contribution >= 4 is 27.5 Å². The van der Waals surface area contributed by atoms with E-state index in [1.807, 2.05) is 29.2 Å². The molecule has 1 aliphatic rings. The topological polar surface area (TPSA) is 20.3 Å². The summed E-state index contributed by atoms with van der Waals surface area (Å²) in [4.78, 5) is 13.5. The van der Waals surface area contributed by atoms with Gasteiger partial charge in [-0.3, -0.25) is 4.79 Å². The molecule has 1 aromatic rings. The predicted molar refractivity (Wildman–Crippen MR) is 60.3 cm³/mol. The first-order chi connectivity index (χ1) is 6.68. The Balaban J connectivity index is 2.34. The first-order valence-electron chi connectivity index (χ1n) is 4.76. The van der Waals surface area contributed by atoms with Crippen LogP contribution in [0, 0.1) is 0 Å². The predicted octanol–water partition coefficient (Wildman–Crippen LogP) is 2.96. The number of carbonyl (C=O) groups is 1. The molecule has 14 heavy (non-hydrogen) atoms. The lowest BCUT2D eigenvalue weighted by Gasteiger charge is -2.21. The van der Waals surface area contributed by atoms with Gasteiger partial charge in [0.1, 0.15) is 0 Å². The van der Waals surface area contributed by atoms with E-state index >= 15 is 0 Å². The van der Waals surface area contributed by atoms with Crippen molar-refractivity contribution in [3.05, 3.63) is 28.7 Å². The maximum atomic E-state index is 11.6. The monoisotopic (exact) mass is 253 g/mol. The zero-order valence-electron chi connectivity index (χ0n) is 8.03. The molecule has 1 aliphatic heterocycles. The zero-order chi connectivity index (χ0) is 10.1. The van der Waals surface area contributed by atoms with Crippen molar-refractivity contribution in [3.63, 3.8) is 0 Å². The number of carbonyl (C=O) groups excluding carboxylic acids is 1. The van der Waals surface area contributed by atoms with Crippen LogP contribution >= 0.6 is 15.9 Å². The van der Waals surface area contributed by atoms with Crippen LogP contribution in [0.4, 0.5) is 5.69 Å². The molecule has 1 amide bonds. The lowest BCUT2D eigenvalue weighted by molar-refractivity contribution is -0.117. The van der Waals surface area contributed by atoms with E-state index < -0.39 is 0 Å². The Morgan fingerprint density at radius 1 is 1.50 bits per heavy atom. The molecule has 0 radical (unpaired) electrons. The second kappa shape index (κ2) is 3.73. The smallest absolute Gasteiger partial charge is 0.227 e. The summed E-state index contributed by atoms with van der Waals surface area (Å²) in [6.07, 6.45) is 1.64. The van der Waals surface area contributed by atoms with Crippen molar-refractivity contribution in [2.45, 2.75) is 25.8 Å². The third-order valence-corrected chi connectivity index (χ3v) is 3.07. The van der Waals surface area contributed by atoms with Gasteiger partial charge in [0.2, 0.25) is 5.91 Å². The minimum Gasteiger partial charge on any atom is -0.310 e. The van der Waals surface area contributed by atoms with Gasteiger partial charge in [-0.1, -0.05) is 22.0 Å². The number of benzene rings is 1. The highest BCUT2D eigenvalue weighted by atomic mass is 79.9. The van der Waals surface area contributed by atoms with Crippen LogP contribution in [-0.2, 0) is 4.79 Å². The molecule has 0 spiro atoms. The van der Waals surface area contributed by atoms with Crippen molar-refractivity contribution in [3.8, 4) is 0 Å². The summed E-state index contributed by atoms with van der Waals surface area (Å²) in [6.45, 7) is 2.09. The Labute approximate surface area is 92.0 Å². The van der Waals surface area contributed by atoms with Crippen molar-refractivity contribution in [1.82, 2.24) is 0 Å². The Kier molecular flexibility index (Phi) is 2.59. The zero-order valence-corrected chi connectivity index (χ0v) is 9.62. The highest BCUT2D eigenvalue weighted by Gasteiger charge is 2.28. The number of rotatable bonds is 1. The molecule has 0 aliphatic carbocycles. The molecule has 1 atom stereocenters. The first kappa shape index (κ1) is 9.71. The number of nitrogens with zero attached hydrogens (tertiary/aromatic N) is 1. The fourth-order valence-corrected chi connectivity index (χ4v) is 2.24. The van der Waals surface area contributed by atoms with E-state index in [0.717, 1.165) is 16.6 Å². The summed E-state index contributed by atoms with van der Waals surface area (Å²) in [5.74, 6) is 0.232. The molecule has 3 heteroatoms. The van der Waals surface area contributed by atoms with Crippen molar-refractivity contribution in [2.75, 3.05) is 4.90 Å². The Hall–Kier alpha value is -0.830. The molecule has 1 saturated heterocycles. The minimum absolute atomic E-state index is 0.232. The van der Waals surface area contributed by atoms with Crippen LogP contribution in [-0.4, -0.2) is 11.9 Å². The fourth-order valence-electron chi connectivity index (χ4n) is 1.85. The molecule has 74 valence electrons. The van der Waals surface area contributed by atoms with E-state index in [1.54, 1.807) is 0 Å². The summed E-state index contributed by atoms with van der Waals surface area (Å²) in [5, 5.41) is 0. The largest absolute Gasteiger partial charge is 0.310 e. The highest BCUT2D eigenvalue weighted by molar-refractivity contribution is 9.10. The molecule has 1 fully saturated rings. The summed E-state index contributed by atoms with van der Waals surface area (Å²) in [5.41, 5.74) is 0.995. The van der Waals surface area contributed by atoms with Gasteiger partial charge < -0.3 is 4.90 Å². The molecule has 2 nitrogen and oxygen atoms in total. The second-order valence-electron chi connectivity index (χ2n) is 3.63.